The van der Waals surface area contributed by atoms with Gasteiger partial charge in [-0.1, -0.05) is 25.0 Å². The van der Waals surface area contributed by atoms with Gasteiger partial charge in [-0.05, 0) is 48.6 Å². The number of aromatic hydroxyl groups is 1. The zero-order chi connectivity index (χ0) is 14.9. The SMILES string of the molecule is Oc1cc(C(O)(CCC2CC2)c2ccccn2)ccc1F. The van der Waals surface area contributed by atoms with Gasteiger partial charge < -0.3 is 10.2 Å². The second-order valence-corrected chi connectivity index (χ2v) is 5.72. The number of hydrogen-bond acceptors (Lipinski definition) is 3. The quantitative estimate of drug-likeness (QED) is 0.886. The number of halogens is 1. The van der Waals surface area contributed by atoms with Gasteiger partial charge in [-0.15, -0.1) is 0 Å². The molecule has 1 aromatic carbocycles. The molecule has 0 saturated heterocycles. The Hall–Kier alpha value is -1.94. The van der Waals surface area contributed by atoms with Crippen LogP contribution >= 0.6 is 0 Å². The fraction of sp³-hybridized carbons (Fsp3) is 0.353. The molecule has 1 aromatic heterocycles. The maximum Gasteiger partial charge on any atom is 0.164 e. The van der Waals surface area contributed by atoms with Crippen molar-refractivity contribution in [3.8, 4) is 5.75 Å². The summed E-state index contributed by atoms with van der Waals surface area (Å²) in [6.45, 7) is 0. The smallest absolute Gasteiger partial charge is 0.164 e. The lowest BCUT2D eigenvalue weighted by Crippen LogP contribution is -2.28. The van der Waals surface area contributed by atoms with Gasteiger partial charge >= 0.3 is 0 Å². The molecule has 1 atom stereocenters. The van der Waals surface area contributed by atoms with Crippen molar-refractivity contribution in [3.05, 3.63) is 59.7 Å². The summed E-state index contributed by atoms with van der Waals surface area (Å²) in [5, 5.41) is 20.7. The first-order valence-electron chi connectivity index (χ1n) is 7.22. The molecule has 0 bridgehead atoms. The Balaban J connectivity index is 1.99. The lowest BCUT2D eigenvalue weighted by molar-refractivity contribution is 0.0621. The topological polar surface area (TPSA) is 53.4 Å². The highest BCUT2D eigenvalue weighted by Crippen LogP contribution is 2.41. The van der Waals surface area contributed by atoms with Crippen molar-refractivity contribution in [2.45, 2.75) is 31.3 Å². The third kappa shape index (κ3) is 2.90. The van der Waals surface area contributed by atoms with Gasteiger partial charge in [0.05, 0.1) is 5.69 Å². The molecule has 4 heteroatoms. The number of hydrogen-bond donors (Lipinski definition) is 2. The minimum atomic E-state index is -1.30. The highest BCUT2D eigenvalue weighted by molar-refractivity contribution is 5.37. The molecule has 1 aliphatic rings. The van der Waals surface area contributed by atoms with Crippen LogP contribution in [-0.4, -0.2) is 15.2 Å². The number of pyridine rings is 1. The Morgan fingerprint density at radius 1 is 1.24 bits per heavy atom. The number of phenols is 1. The molecule has 110 valence electrons. The first-order chi connectivity index (χ1) is 10.1. The maximum atomic E-state index is 13.3. The van der Waals surface area contributed by atoms with Crippen LogP contribution in [0.4, 0.5) is 4.39 Å². The van der Waals surface area contributed by atoms with E-state index in [0.717, 1.165) is 6.42 Å². The Morgan fingerprint density at radius 3 is 2.67 bits per heavy atom. The van der Waals surface area contributed by atoms with Gasteiger partial charge in [-0.2, -0.15) is 0 Å². The summed E-state index contributed by atoms with van der Waals surface area (Å²) in [5.41, 5.74) is -0.299. The van der Waals surface area contributed by atoms with Crippen LogP contribution in [0, 0.1) is 11.7 Å². The summed E-state index contributed by atoms with van der Waals surface area (Å²) in [6.07, 6.45) is 5.44. The van der Waals surface area contributed by atoms with Crippen molar-refractivity contribution < 1.29 is 14.6 Å². The molecular formula is C17H18FNO2. The first-order valence-corrected chi connectivity index (χ1v) is 7.22. The average Bonchev–Trinajstić information content (AvgIpc) is 3.33. The second-order valence-electron chi connectivity index (χ2n) is 5.72. The molecule has 3 rings (SSSR count). The van der Waals surface area contributed by atoms with Crippen LogP contribution in [0.3, 0.4) is 0 Å². The summed E-state index contributed by atoms with van der Waals surface area (Å²) in [6, 6.07) is 9.33. The molecule has 21 heavy (non-hydrogen) atoms. The van der Waals surface area contributed by atoms with Gasteiger partial charge in [0.2, 0.25) is 0 Å². The van der Waals surface area contributed by atoms with Crippen molar-refractivity contribution in [2.75, 3.05) is 0 Å². The Bertz CT molecular complexity index is 628. The lowest BCUT2D eigenvalue weighted by Gasteiger charge is -2.28. The number of aromatic nitrogens is 1. The third-order valence-corrected chi connectivity index (χ3v) is 4.12. The van der Waals surface area contributed by atoms with Gasteiger partial charge in [-0.25, -0.2) is 4.39 Å². The summed E-state index contributed by atoms with van der Waals surface area (Å²) < 4.78 is 13.3. The van der Waals surface area contributed by atoms with Gasteiger partial charge in [0, 0.05) is 6.20 Å². The molecule has 0 aliphatic heterocycles. The van der Waals surface area contributed by atoms with Crippen LogP contribution in [0.2, 0.25) is 0 Å². The van der Waals surface area contributed by atoms with E-state index >= 15 is 0 Å². The Morgan fingerprint density at radius 2 is 2.05 bits per heavy atom. The van der Waals surface area contributed by atoms with E-state index in [4.69, 9.17) is 0 Å². The van der Waals surface area contributed by atoms with Crippen LogP contribution < -0.4 is 0 Å². The fourth-order valence-electron chi connectivity index (χ4n) is 2.62. The summed E-state index contributed by atoms with van der Waals surface area (Å²) in [7, 11) is 0. The predicted molar refractivity (Wildman–Crippen MR) is 77.3 cm³/mol. The van der Waals surface area contributed by atoms with Crippen LogP contribution in [-0.2, 0) is 5.60 Å². The molecule has 1 fully saturated rings. The molecule has 0 spiro atoms. The Kier molecular flexibility index (Phi) is 3.64. The van der Waals surface area contributed by atoms with E-state index in [9.17, 15) is 14.6 Å². The van der Waals surface area contributed by atoms with Crippen molar-refractivity contribution >= 4 is 0 Å². The van der Waals surface area contributed by atoms with E-state index in [1.807, 2.05) is 6.07 Å². The molecule has 1 saturated carbocycles. The van der Waals surface area contributed by atoms with E-state index < -0.39 is 17.2 Å². The molecular weight excluding hydrogens is 269 g/mol. The van der Waals surface area contributed by atoms with Crippen molar-refractivity contribution in [3.63, 3.8) is 0 Å². The fourth-order valence-corrected chi connectivity index (χ4v) is 2.62. The number of aliphatic hydroxyl groups is 1. The lowest BCUT2D eigenvalue weighted by atomic mass is 9.84. The van der Waals surface area contributed by atoms with Crippen LogP contribution in [0.25, 0.3) is 0 Å². The molecule has 0 radical (unpaired) electrons. The van der Waals surface area contributed by atoms with Crippen molar-refractivity contribution in [1.82, 2.24) is 4.98 Å². The molecule has 1 heterocycles. The average molecular weight is 287 g/mol. The van der Waals surface area contributed by atoms with Crippen LogP contribution in [0.15, 0.2) is 42.6 Å². The van der Waals surface area contributed by atoms with E-state index in [1.54, 1.807) is 18.3 Å². The summed E-state index contributed by atoms with van der Waals surface area (Å²) >= 11 is 0. The van der Waals surface area contributed by atoms with Gasteiger partial charge in [0.15, 0.2) is 11.6 Å². The zero-order valence-corrected chi connectivity index (χ0v) is 11.7. The van der Waals surface area contributed by atoms with Crippen LogP contribution in [0.1, 0.15) is 36.9 Å². The number of phenolic OH excluding ortho intramolecular Hbond substituents is 1. The minimum absolute atomic E-state index is 0.451. The Labute approximate surface area is 123 Å². The first kappa shape index (κ1) is 14.0. The van der Waals surface area contributed by atoms with E-state index in [1.165, 1.54) is 31.0 Å². The predicted octanol–water partition coefficient (Wildman–Crippen LogP) is 3.35. The van der Waals surface area contributed by atoms with Crippen molar-refractivity contribution in [1.29, 1.82) is 0 Å². The number of rotatable bonds is 5. The van der Waals surface area contributed by atoms with Gasteiger partial charge in [0.25, 0.3) is 0 Å². The summed E-state index contributed by atoms with van der Waals surface area (Å²) in [5.74, 6) is -0.480. The molecule has 1 unspecified atom stereocenters. The monoisotopic (exact) mass is 287 g/mol. The molecule has 3 nitrogen and oxygen atoms in total. The van der Waals surface area contributed by atoms with Gasteiger partial charge in [0.1, 0.15) is 5.60 Å². The molecule has 0 amide bonds. The number of benzene rings is 1. The normalized spacial score (nSPS) is 17.4. The van der Waals surface area contributed by atoms with E-state index in [-0.39, 0.29) is 0 Å². The standard InChI is InChI=1S/C17H18FNO2/c18-14-7-6-13(11-15(14)20)17(21,9-8-12-4-5-12)16-3-1-2-10-19-16/h1-3,6-7,10-12,20-21H,4-5,8-9H2. The number of nitrogens with zero attached hydrogens (tertiary/aromatic N) is 1. The highest BCUT2D eigenvalue weighted by Gasteiger charge is 2.35. The molecule has 1 aliphatic carbocycles. The third-order valence-electron chi connectivity index (χ3n) is 4.12. The highest BCUT2D eigenvalue weighted by atomic mass is 19.1. The van der Waals surface area contributed by atoms with Crippen molar-refractivity contribution in [2.24, 2.45) is 5.92 Å². The zero-order valence-electron chi connectivity index (χ0n) is 11.7. The summed E-state index contributed by atoms with van der Waals surface area (Å²) in [4.78, 5) is 4.25. The largest absolute Gasteiger partial charge is 0.505 e. The van der Waals surface area contributed by atoms with Gasteiger partial charge in [-0.3, -0.25) is 4.98 Å². The van der Waals surface area contributed by atoms with E-state index in [2.05, 4.69) is 4.98 Å². The van der Waals surface area contributed by atoms with E-state index in [0.29, 0.717) is 23.6 Å². The molecule has 2 aromatic rings. The van der Waals surface area contributed by atoms with Crippen LogP contribution in [0.5, 0.6) is 5.75 Å². The minimum Gasteiger partial charge on any atom is -0.505 e. The maximum absolute atomic E-state index is 13.3. The molecule has 2 N–H and O–H groups in total. The second kappa shape index (κ2) is 5.45.